The highest BCUT2D eigenvalue weighted by Crippen LogP contribution is 2.31. The molecule has 1 aliphatic rings. The number of hydrogen-bond acceptors (Lipinski definition) is 6. The van der Waals surface area contributed by atoms with Crippen molar-refractivity contribution in [3.05, 3.63) is 48.0 Å². The average molecular weight is 445 g/mol. The fourth-order valence-electron chi connectivity index (χ4n) is 3.47. The molecule has 9 heteroatoms. The average Bonchev–Trinajstić information content (AvgIpc) is 3.11. The first-order valence-corrected chi connectivity index (χ1v) is 12.4. The molecule has 1 N–H and O–H groups in total. The molecule has 2 aromatic carbocycles. The van der Waals surface area contributed by atoms with E-state index in [2.05, 4.69) is 24.4 Å². The number of benzene rings is 2. The molecule has 1 amide bonds. The van der Waals surface area contributed by atoms with Crippen molar-refractivity contribution in [2.45, 2.75) is 6.92 Å². The van der Waals surface area contributed by atoms with Gasteiger partial charge in [0.1, 0.15) is 5.01 Å². The molecule has 0 atom stereocenters. The third-order valence-electron chi connectivity index (χ3n) is 5.13. The summed E-state index contributed by atoms with van der Waals surface area (Å²) in [5.41, 5.74) is 3.96. The molecule has 0 bridgehead atoms. The lowest BCUT2D eigenvalue weighted by Crippen LogP contribution is -2.50. The monoisotopic (exact) mass is 444 g/mol. The maximum Gasteiger partial charge on any atom is 0.238 e. The van der Waals surface area contributed by atoms with Crippen molar-refractivity contribution in [1.29, 1.82) is 0 Å². The van der Waals surface area contributed by atoms with E-state index in [9.17, 15) is 13.2 Å². The topological polar surface area (TPSA) is 82.6 Å². The number of fused-ring (bicyclic) bond motifs is 1. The number of sulfonamides is 1. The van der Waals surface area contributed by atoms with Gasteiger partial charge in [-0.25, -0.2) is 13.4 Å². The van der Waals surface area contributed by atoms with E-state index in [-0.39, 0.29) is 12.5 Å². The Labute approximate surface area is 180 Å². The number of hydrogen-bond donors (Lipinski definition) is 1. The molecule has 1 aromatic heterocycles. The normalized spacial score (nSPS) is 16.1. The van der Waals surface area contributed by atoms with Gasteiger partial charge in [-0.1, -0.05) is 6.07 Å². The lowest BCUT2D eigenvalue weighted by molar-refractivity contribution is -0.117. The van der Waals surface area contributed by atoms with Crippen LogP contribution >= 0.6 is 11.3 Å². The molecular formula is C21H24N4O3S2. The summed E-state index contributed by atoms with van der Waals surface area (Å²) in [4.78, 5) is 19.0. The molecule has 3 aromatic rings. The van der Waals surface area contributed by atoms with E-state index in [0.717, 1.165) is 21.8 Å². The van der Waals surface area contributed by atoms with Crippen molar-refractivity contribution in [2.24, 2.45) is 0 Å². The first kappa shape index (κ1) is 20.9. The molecule has 0 saturated carbocycles. The summed E-state index contributed by atoms with van der Waals surface area (Å²) in [5.74, 6) is -0.106. The Morgan fingerprint density at radius 1 is 1.10 bits per heavy atom. The van der Waals surface area contributed by atoms with E-state index in [4.69, 9.17) is 4.98 Å². The molecule has 7 nitrogen and oxygen atoms in total. The van der Waals surface area contributed by atoms with E-state index in [1.54, 1.807) is 11.3 Å². The number of carbonyl (C=O) groups is 1. The minimum absolute atomic E-state index is 0.106. The lowest BCUT2D eigenvalue weighted by atomic mass is 10.2. The number of aryl methyl sites for hydroxylation is 1. The zero-order valence-electron chi connectivity index (χ0n) is 17.0. The highest BCUT2D eigenvalue weighted by molar-refractivity contribution is 7.88. The molecule has 158 valence electrons. The Bertz CT molecular complexity index is 1160. The maximum atomic E-state index is 12.4. The number of nitrogens with one attached hydrogen (secondary N) is 1. The van der Waals surface area contributed by atoms with Crippen LogP contribution in [0.25, 0.3) is 20.8 Å². The van der Waals surface area contributed by atoms with Crippen LogP contribution in [0.15, 0.2) is 42.5 Å². The fourth-order valence-corrected chi connectivity index (χ4v) is 5.37. The van der Waals surface area contributed by atoms with Crippen molar-refractivity contribution in [1.82, 2.24) is 14.2 Å². The van der Waals surface area contributed by atoms with E-state index in [0.29, 0.717) is 26.2 Å². The fraction of sp³-hybridized carbons (Fsp3) is 0.333. The van der Waals surface area contributed by atoms with Crippen LogP contribution in [-0.2, 0) is 14.8 Å². The van der Waals surface area contributed by atoms with Gasteiger partial charge in [-0.15, -0.1) is 11.3 Å². The molecule has 0 spiro atoms. The molecule has 2 heterocycles. The third-order valence-corrected chi connectivity index (χ3v) is 7.50. The molecular weight excluding hydrogens is 420 g/mol. The maximum absolute atomic E-state index is 12.4. The van der Waals surface area contributed by atoms with Crippen LogP contribution in [0, 0.1) is 6.92 Å². The van der Waals surface area contributed by atoms with Crippen LogP contribution in [0.1, 0.15) is 5.56 Å². The second-order valence-electron chi connectivity index (χ2n) is 7.55. The van der Waals surface area contributed by atoms with Gasteiger partial charge in [-0.3, -0.25) is 9.69 Å². The summed E-state index contributed by atoms with van der Waals surface area (Å²) in [6.07, 6.45) is 1.22. The van der Waals surface area contributed by atoms with Crippen LogP contribution in [0.4, 0.5) is 5.69 Å². The predicted molar refractivity (Wildman–Crippen MR) is 121 cm³/mol. The van der Waals surface area contributed by atoms with Gasteiger partial charge in [-0.05, 0) is 48.9 Å². The molecule has 30 heavy (non-hydrogen) atoms. The standard InChI is InChI=1S/C21H24N4O3S2/c1-15-3-8-18-19(13-15)29-21(23-18)16-4-6-17(7-5-16)22-20(26)14-24-9-11-25(12-10-24)30(2,27)28/h3-8,13H,9-12,14H2,1-2H3,(H,22,26). The number of anilines is 1. The van der Waals surface area contributed by atoms with Crippen molar-refractivity contribution in [2.75, 3.05) is 44.3 Å². The van der Waals surface area contributed by atoms with E-state index in [1.165, 1.54) is 20.8 Å². The zero-order chi connectivity index (χ0) is 21.3. The van der Waals surface area contributed by atoms with Crippen LogP contribution in [-0.4, -0.2) is 67.5 Å². The van der Waals surface area contributed by atoms with Crippen LogP contribution in [0.5, 0.6) is 0 Å². The zero-order valence-corrected chi connectivity index (χ0v) is 18.6. The molecule has 1 aliphatic heterocycles. The number of nitrogens with zero attached hydrogens (tertiary/aromatic N) is 3. The number of aromatic nitrogens is 1. The Morgan fingerprint density at radius 2 is 1.80 bits per heavy atom. The second-order valence-corrected chi connectivity index (χ2v) is 10.6. The van der Waals surface area contributed by atoms with Crippen molar-refractivity contribution >= 4 is 43.2 Å². The van der Waals surface area contributed by atoms with Gasteiger partial charge in [0.25, 0.3) is 0 Å². The van der Waals surface area contributed by atoms with Gasteiger partial charge in [0.2, 0.25) is 15.9 Å². The minimum Gasteiger partial charge on any atom is -0.325 e. The summed E-state index contributed by atoms with van der Waals surface area (Å²) in [7, 11) is -3.16. The second kappa shape index (κ2) is 8.43. The molecule has 0 radical (unpaired) electrons. The molecule has 1 fully saturated rings. The number of piperazine rings is 1. The predicted octanol–water partition coefficient (Wildman–Crippen LogP) is 2.79. The summed E-state index contributed by atoms with van der Waals surface area (Å²) in [6, 6.07) is 13.9. The lowest BCUT2D eigenvalue weighted by Gasteiger charge is -2.32. The molecule has 4 rings (SSSR count). The summed E-state index contributed by atoms with van der Waals surface area (Å²) in [5, 5.41) is 3.87. The van der Waals surface area contributed by atoms with Crippen molar-refractivity contribution in [3.8, 4) is 10.6 Å². The van der Waals surface area contributed by atoms with Gasteiger partial charge in [-0.2, -0.15) is 4.31 Å². The summed E-state index contributed by atoms with van der Waals surface area (Å²) in [6.45, 7) is 4.26. The van der Waals surface area contributed by atoms with Crippen molar-refractivity contribution in [3.63, 3.8) is 0 Å². The Morgan fingerprint density at radius 3 is 2.47 bits per heavy atom. The highest BCUT2D eigenvalue weighted by Gasteiger charge is 2.24. The summed E-state index contributed by atoms with van der Waals surface area (Å²) >= 11 is 1.66. The van der Waals surface area contributed by atoms with E-state index >= 15 is 0 Å². The van der Waals surface area contributed by atoms with Crippen LogP contribution in [0.3, 0.4) is 0 Å². The Hall–Kier alpha value is -2.33. The Kier molecular flexibility index (Phi) is 5.88. The quantitative estimate of drug-likeness (QED) is 0.654. The van der Waals surface area contributed by atoms with Crippen molar-refractivity contribution < 1.29 is 13.2 Å². The van der Waals surface area contributed by atoms with Gasteiger partial charge in [0.15, 0.2) is 0 Å². The van der Waals surface area contributed by atoms with Gasteiger partial charge in [0, 0.05) is 37.4 Å². The molecule has 0 unspecified atom stereocenters. The van der Waals surface area contributed by atoms with E-state index in [1.807, 2.05) is 35.2 Å². The number of rotatable bonds is 5. The minimum atomic E-state index is -3.16. The first-order valence-electron chi connectivity index (χ1n) is 9.73. The largest absolute Gasteiger partial charge is 0.325 e. The van der Waals surface area contributed by atoms with Crippen LogP contribution in [0.2, 0.25) is 0 Å². The molecule has 1 saturated heterocycles. The third kappa shape index (κ3) is 4.86. The highest BCUT2D eigenvalue weighted by atomic mass is 32.2. The summed E-state index contributed by atoms with van der Waals surface area (Å²) < 4.78 is 25.8. The SMILES string of the molecule is Cc1ccc2nc(-c3ccc(NC(=O)CN4CCN(S(C)(=O)=O)CC4)cc3)sc2c1. The number of amides is 1. The molecule has 0 aliphatic carbocycles. The number of carbonyl (C=O) groups excluding carboxylic acids is 1. The smallest absolute Gasteiger partial charge is 0.238 e. The first-order chi connectivity index (χ1) is 14.3. The van der Waals surface area contributed by atoms with E-state index < -0.39 is 10.0 Å². The van der Waals surface area contributed by atoms with Gasteiger partial charge >= 0.3 is 0 Å². The Balaban J connectivity index is 1.34. The van der Waals surface area contributed by atoms with Gasteiger partial charge in [0.05, 0.1) is 23.0 Å². The van der Waals surface area contributed by atoms with Crippen LogP contribution < -0.4 is 5.32 Å². The number of thiazole rings is 1. The van der Waals surface area contributed by atoms with Gasteiger partial charge < -0.3 is 5.32 Å².